The fourth-order valence-corrected chi connectivity index (χ4v) is 3.24. The number of unbranched alkanes of at least 4 members (excludes halogenated alkanes) is 1. The van der Waals surface area contributed by atoms with Crippen LogP contribution >= 0.6 is 0 Å². The van der Waals surface area contributed by atoms with E-state index in [-0.39, 0.29) is 0 Å². The van der Waals surface area contributed by atoms with Crippen molar-refractivity contribution in [2.75, 3.05) is 0 Å². The van der Waals surface area contributed by atoms with Crippen LogP contribution in [0.3, 0.4) is 0 Å². The number of rotatable bonds is 4. The van der Waals surface area contributed by atoms with Crippen LogP contribution in [0.2, 0.25) is 0 Å². The molecule has 1 spiro atoms. The molecule has 2 rings (SSSR count). The summed E-state index contributed by atoms with van der Waals surface area (Å²) in [7, 11) is 0. The van der Waals surface area contributed by atoms with E-state index in [0.717, 1.165) is 12.7 Å². The number of hydrogen-bond acceptors (Lipinski definition) is 1. The van der Waals surface area contributed by atoms with Crippen LogP contribution in [-0.4, -0.2) is 6.29 Å². The fraction of sp³-hybridized carbons (Fsp3) is 0.667. The van der Waals surface area contributed by atoms with Crippen molar-refractivity contribution in [1.82, 2.24) is 0 Å². The van der Waals surface area contributed by atoms with Crippen molar-refractivity contribution in [1.29, 1.82) is 0 Å². The summed E-state index contributed by atoms with van der Waals surface area (Å²) in [4.78, 5) is 10.2. The number of carbonyl (C=O) groups is 1. The first-order chi connectivity index (χ1) is 7.85. The molecule has 88 valence electrons. The maximum atomic E-state index is 10.2. The number of carbonyl (C=O) groups excluding carboxylic acids is 1. The summed E-state index contributed by atoms with van der Waals surface area (Å²) in [5.74, 6) is 0. The highest BCUT2D eigenvalue weighted by molar-refractivity contribution is 5.49. The summed E-state index contributed by atoms with van der Waals surface area (Å²) in [6.45, 7) is 0. The van der Waals surface area contributed by atoms with Gasteiger partial charge in [0, 0.05) is 6.42 Å². The average molecular weight is 218 g/mol. The molecule has 0 amide bonds. The molecule has 0 aromatic carbocycles. The fourth-order valence-electron chi connectivity index (χ4n) is 3.24. The Kier molecular flexibility index (Phi) is 3.98. The molecule has 0 aliphatic heterocycles. The average Bonchev–Trinajstić information content (AvgIpc) is 2.73. The lowest BCUT2D eigenvalue weighted by atomic mass is 9.73. The van der Waals surface area contributed by atoms with Crippen LogP contribution in [0.5, 0.6) is 0 Å². The van der Waals surface area contributed by atoms with Gasteiger partial charge in [0.1, 0.15) is 6.29 Å². The summed E-state index contributed by atoms with van der Waals surface area (Å²) in [5, 5.41) is 0. The normalized spacial score (nSPS) is 23.9. The lowest BCUT2D eigenvalue weighted by molar-refractivity contribution is -0.107. The lowest BCUT2D eigenvalue weighted by Gasteiger charge is -2.32. The van der Waals surface area contributed by atoms with Crippen molar-refractivity contribution in [3.63, 3.8) is 0 Å². The molecule has 0 heterocycles. The molecule has 0 N–H and O–H groups in total. The van der Waals surface area contributed by atoms with Gasteiger partial charge in [0.15, 0.2) is 0 Å². The van der Waals surface area contributed by atoms with Crippen molar-refractivity contribution in [3.8, 4) is 0 Å². The van der Waals surface area contributed by atoms with Gasteiger partial charge in [-0.25, -0.2) is 0 Å². The zero-order valence-corrected chi connectivity index (χ0v) is 10.1. The van der Waals surface area contributed by atoms with Gasteiger partial charge in [-0.3, -0.25) is 0 Å². The van der Waals surface area contributed by atoms with E-state index < -0.39 is 0 Å². The van der Waals surface area contributed by atoms with Crippen LogP contribution in [0.25, 0.3) is 0 Å². The molecule has 2 aliphatic carbocycles. The topological polar surface area (TPSA) is 17.1 Å². The highest BCUT2D eigenvalue weighted by Gasteiger charge is 2.34. The largest absolute Gasteiger partial charge is 0.303 e. The molecule has 1 nitrogen and oxygen atoms in total. The van der Waals surface area contributed by atoms with Crippen LogP contribution in [-0.2, 0) is 4.79 Å². The maximum Gasteiger partial charge on any atom is 0.120 e. The third kappa shape index (κ3) is 2.84. The minimum absolute atomic E-state index is 0.652. The van der Waals surface area contributed by atoms with Gasteiger partial charge in [0.2, 0.25) is 0 Å². The van der Waals surface area contributed by atoms with Gasteiger partial charge in [-0.15, -0.1) is 0 Å². The van der Waals surface area contributed by atoms with Crippen molar-refractivity contribution >= 4 is 6.29 Å². The van der Waals surface area contributed by atoms with Gasteiger partial charge >= 0.3 is 0 Å². The summed E-state index contributed by atoms with van der Waals surface area (Å²) >= 11 is 0. The third-order valence-electron chi connectivity index (χ3n) is 4.11. The van der Waals surface area contributed by atoms with E-state index in [4.69, 9.17) is 0 Å². The van der Waals surface area contributed by atoms with E-state index in [9.17, 15) is 4.79 Å². The van der Waals surface area contributed by atoms with E-state index >= 15 is 0 Å². The summed E-state index contributed by atoms with van der Waals surface area (Å²) < 4.78 is 0. The second-order valence-corrected chi connectivity index (χ2v) is 5.35. The van der Waals surface area contributed by atoms with Gasteiger partial charge in [-0.2, -0.15) is 0 Å². The SMILES string of the molecule is O=CCCC=CC1=CCCC2(CCCC2)C1. The highest BCUT2D eigenvalue weighted by Crippen LogP contribution is 2.49. The summed E-state index contributed by atoms with van der Waals surface area (Å²) in [5.41, 5.74) is 2.16. The molecular formula is C15H22O. The second-order valence-electron chi connectivity index (χ2n) is 5.35. The smallest absolute Gasteiger partial charge is 0.120 e. The van der Waals surface area contributed by atoms with Crippen LogP contribution in [0, 0.1) is 5.41 Å². The van der Waals surface area contributed by atoms with Crippen molar-refractivity contribution in [2.24, 2.45) is 5.41 Å². The molecule has 0 atom stereocenters. The highest BCUT2D eigenvalue weighted by atomic mass is 16.1. The third-order valence-corrected chi connectivity index (χ3v) is 4.11. The molecule has 0 bridgehead atoms. The maximum absolute atomic E-state index is 10.2. The Labute approximate surface area is 98.6 Å². The molecular weight excluding hydrogens is 196 g/mol. The Bertz CT molecular complexity index is 293. The predicted octanol–water partition coefficient (Wildman–Crippen LogP) is 4.19. The number of hydrogen-bond donors (Lipinski definition) is 0. The molecule has 0 radical (unpaired) electrons. The van der Waals surface area contributed by atoms with E-state index in [0.29, 0.717) is 11.8 Å². The first kappa shape index (κ1) is 11.6. The second kappa shape index (κ2) is 5.47. The van der Waals surface area contributed by atoms with Gasteiger partial charge in [0.25, 0.3) is 0 Å². The van der Waals surface area contributed by atoms with E-state index in [1.807, 2.05) is 0 Å². The van der Waals surface area contributed by atoms with Gasteiger partial charge in [-0.05, 0) is 43.9 Å². The Morgan fingerprint density at radius 1 is 1.19 bits per heavy atom. The standard InChI is InChI=1S/C15H22O/c16-12-5-1-2-7-14-8-6-11-15(13-14)9-3-4-10-15/h2,7-8,12H,1,3-6,9-11,13H2. The van der Waals surface area contributed by atoms with Gasteiger partial charge in [-0.1, -0.05) is 36.6 Å². The zero-order chi connectivity index (χ0) is 11.3. The number of aldehydes is 1. The Hall–Kier alpha value is -0.850. The molecule has 0 saturated heterocycles. The van der Waals surface area contributed by atoms with Crippen molar-refractivity contribution in [2.45, 2.75) is 57.8 Å². The minimum Gasteiger partial charge on any atom is -0.303 e. The van der Waals surface area contributed by atoms with Crippen LogP contribution in [0.4, 0.5) is 0 Å². The molecule has 1 fully saturated rings. The predicted molar refractivity (Wildman–Crippen MR) is 67.3 cm³/mol. The molecule has 0 aromatic rings. The summed E-state index contributed by atoms with van der Waals surface area (Å²) in [6.07, 6.45) is 19.0. The molecule has 1 heteroatoms. The Morgan fingerprint density at radius 2 is 2.00 bits per heavy atom. The van der Waals surface area contributed by atoms with Crippen molar-refractivity contribution < 1.29 is 4.79 Å². The molecule has 0 aromatic heterocycles. The van der Waals surface area contributed by atoms with Crippen LogP contribution in [0.1, 0.15) is 57.8 Å². The summed E-state index contributed by atoms with van der Waals surface area (Å²) in [6, 6.07) is 0. The first-order valence-corrected chi connectivity index (χ1v) is 6.64. The number of allylic oxidation sites excluding steroid dienone is 4. The Morgan fingerprint density at radius 3 is 2.75 bits per heavy atom. The first-order valence-electron chi connectivity index (χ1n) is 6.64. The molecule has 1 saturated carbocycles. The Balaban J connectivity index is 1.88. The van der Waals surface area contributed by atoms with Crippen LogP contribution < -0.4 is 0 Å². The molecule has 16 heavy (non-hydrogen) atoms. The monoisotopic (exact) mass is 218 g/mol. The van der Waals surface area contributed by atoms with Gasteiger partial charge < -0.3 is 4.79 Å². The van der Waals surface area contributed by atoms with Crippen molar-refractivity contribution in [3.05, 3.63) is 23.8 Å². The quantitative estimate of drug-likeness (QED) is 0.510. The zero-order valence-electron chi connectivity index (χ0n) is 10.1. The van der Waals surface area contributed by atoms with E-state index in [2.05, 4.69) is 18.2 Å². The van der Waals surface area contributed by atoms with E-state index in [1.165, 1.54) is 50.5 Å². The molecule has 2 aliphatic rings. The van der Waals surface area contributed by atoms with Gasteiger partial charge in [0.05, 0.1) is 0 Å². The van der Waals surface area contributed by atoms with Crippen LogP contribution in [0.15, 0.2) is 23.8 Å². The van der Waals surface area contributed by atoms with E-state index in [1.54, 1.807) is 0 Å². The lowest BCUT2D eigenvalue weighted by Crippen LogP contribution is -2.19. The molecule has 0 unspecified atom stereocenters. The minimum atomic E-state index is 0.652.